The van der Waals surface area contributed by atoms with Crippen molar-refractivity contribution in [1.29, 1.82) is 0 Å². The zero-order valence-corrected chi connectivity index (χ0v) is 17.0. The summed E-state index contributed by atoms with van der Waals surface area (Å²) in [6.45, 7) is 2.51. The summed E-state index contributed by atoms with van der Waals surface area (Å²) < 4.78 is 18.9. The molecule has 156 valence electrons. The van der Waals surface area contributed by atoms with Gasteiger partial charge in [0.15, 0.2) is 0 Å². The number of nitrogens with two attached hydrogens (primary N) is 1. The number of rotatable bonds is 9. The lowest BCUT2D eigenvalue weighted by Crippen LogP contribution is -2.24. The van der Waals surface area contributed by atoms with Crippen LogP contribution in [0.2, 0.25) is 0 Å². The Balaban J connectivity index is 1.51. The molecule has 0 atom stereocenters. The molecule has 1 heterocycles. The van der Waals surface area contributed by atoms with E-state index in [-0.39, 0.29) is 11.4 Å². The fraction of sp³-hybridized carbons (Fsp3) is 0.250. The first-order valence-electron chi connectivity index (χ1n) is 10.1. The molecule has 3 rings (SSSR count). The number of aromatic nitrogens is 1. The van der Waals surface area contributed by atoms with E-state index >= 15 is 0 Å². The molecular weight excluding hydrogens is 381 g/mol. The summed E-state index contributed by atoms with van der Waals surface area (Å²) in [5, 5.41) is 2.75. The zero-order chi connectivity index (χ0) is 21.3. The highest BCUT2D eigenvalue weighted by Gasteiger charge is 2.11. The summed E-state index contributed by atoms with van der Waals surface area (Å²) in [7, 11) is 0. The molecule has 0 aliphatic heterocycles. The van der Waals surface area contributed by atoms with Crippen LogP contribution in [0.25, 0.3) is 0 Å². The van der Waals surface area contributed by atoms with E-state index in [1.165, 1.54) is 30.9 Å². The van der Waals surface area contributed by atoms with Gasteiger partial charge in [0, 0.05) is 6.54 Å². The van der Waals surface area contributed by atoms with Crippen LogP contribution >= 0.6 is 0 Å². The van der Waals surface area contributed by atoms with Gasteiger partial charge in [-0.2, -0.15) is 4.39 Å². The Labute approximate surface area is 176 Å². The molecule has 1 amide bonds. The largest absolute Gasteiger partial charge is 0.457 e. The third-order valence-electron chi connectivity index (χ3n) is 4.74. The molecule has 30 heavy (non-hydrogen) atoms. The van der Waals surface area contributed by atoms with Gasteiger partial charge in [-0.3, -0.25) is 4.79 Å². The number of pyridine rings is 1. The van der Waals surface area contributed by atoms with E-state index < -0.39 is 11.9 Å². The number of hydrogen-bond acceptors (Lipinski definition) is 4. The van der Waals surface area contributed by atoms with Crippen molar-refractivity contribution in [1.82, 2.24) is 10.3 Å². The van der Waals surface area contributed by atoms with Crippen LogP contribution < -0.4 is 15.8 Å². The minimum atomic E-state index is -0.717. The predicted molar refractivity (Wildman–Crippen MR) is 116 cm³/mol. The molecule has 1 aromatic heterocycles. The van der Waals surface area contributed by atoms with Crippen LogP contribution in [0.5, 0.6) is 11.5 Å². The Bertz CT molecular complexity index is 973. The van der Waals surface area contributed by atoms with Gasteiger partial charge in [0.05, 0.1) is 5.56 Å². The quantitative estimate of drug-likeness (QED) is 0.375. The van der Waals surface area contributed by atoms with Crippen LogP contribution in [0.15, 0.2) is 60.7 Å². The maximum atomic E-state index is 13.0. The first kappa shape index (κ1) is 21.3. The summed E-state index contributed by atoms with van der Waals surface area (Å²) in [5.41, 5.74) is 7.96. The number of anilines is 1. The third kappa shape index (κ3) is 6.04. The predicted octanol–water partition coefficient (Wildman–Crippen LogP) is 5.26. The van der Waals surface area contributed by atoms with E-state index in [0.29, 0.717) is 6.54 Å². The molecular formula is C24H26FN3O2. The Hall–Kier alpha value is -3.41. The van der Waals surface area contributed by atoms with Crippen molar-refractivity contribution in [2.75, 3.05) is 5.73 Å². The van der Waals surface area contributed by atoms with Crippen LogP contribution in [-0.4, -0.2) is 10.9 Å². The van der Waals surface area contributed by atoms with Gasteiger partial charge in [-0.25, -0.2) is 4.98 Å². The van der Waals surface area contributed by atoms with Gasteiger partial charge in [-0.05, 0) is 60.4 Å². The second-order valence-electron chi connectivity index (χ2n) is 7.10. The number of carbonyl (C=O) groups excluding carboxylic acids is 1. The molecule has 0 fully saturated rings. The maximum absolute atomic E-state index is 13.0. The van der Waals surface area contributed by atoms with Crippen LogP contribution in [-0.2, 0) is 13.0 Å². The normalized spacial score (nSPS) is 10.6. The number of nitrogens with zero attached hydrogens (tertiary/aromatic N) is 1. The zero-order valence-electron chi connectivity index (χ0n) is 17.0. The number of unbranched alkanes of at least 4 members (excludes halogenated alkanes) is 2. The third-order valence-corrected chi connectivity index (χ3v) is 4.74. The highest BCUT2D eigenvalue weighted by Crippen LogP contribution is 2.23. The monoisotopic (exact) mass is 407 g/mol. The molecule has 0 unspecified atom stereocenters. The van der Waals surface area contributed by atoms with Gasteiger partial charge in [-0.1, -0.05) is 44.0 Å². The van der Waals surface area contributed by atoms with Crippen molar-refractivity contribution in [2.24, 2.45) is 0 Å². The number of nitrogen functional groups attached to an aromatic ring is 1. The molecule has 0 bridgehead atoms. The molecule has 0 saturated carbocycles. The molecule has 6 heteroatoms. The van der Waals surface area contributed by atoms with Crippen LogP contribution in [0.4, 0.5) is 10.2 Å². The number of benzene rings is 2. The lowest BCUT2D eigenvalue weighted by Gasteiger charge is -2.09. The Kier molecular flexibility index (Phi) is 7.38. The van der Waals surface area contributed by atoms with Crippen molar-refractivity contribution in [2.45, 2.75) is 39.2 Å². The van der Waals surface area contributed by atoms with Crippen molar-refractivity contribution in [3.63, 3.8) is 0 Å². The lowest BCUT2D eigenvalue weighted by molar-refractivity contribution is 0.0951. The van der Waals surface area contributed by atoms with Crippen molar-refractivity contribution >= 4 is 11.7 Å². The summed E-state index contributed by atoms with van der Waals surface area (Å²) in [5.74, 6) is 0.253. The molecule has 3 N–H and O–H groups in total. The minimum absolute atomic E-state index is 0.132. The minimum Gasteiger partial charge on any atom is -0.457 e. The highest BCUT2D eigenvalue weighted by molar-refractivity contribution is 5.98. The van der Waals surface area contributed by atoms with Crippen molar-refractivity contribution in [3.8, 4) is 11.5 Å². The standard InChI is InChI=1S/C24H26FN3O2/c1-2-3-4-5-17-6-10-19(11-7-17)30-20-12-8-18(9-13-20)16-27-24(29)21-14-15-22(25)28-23(21)26/h6-15H,2-5,16H2,1H3,(H2,26,28)(H,27,29). The number of ether oxygens (including phenoxy) is 1. The number of amides is 1. The van der Waals surface area contributed by atoms with E-state index in [1.807, 2.05) is 36.4 Å². The van der Waals surface area contributed by atoms with E-state index in [9.17, 15) is 9.18 Å². The van der Waals surface area contributed by atoms with Crippen LogP contribution in [0, 0.1) is 5.95 Å². The summed E-state index contributed by atoms with van der Waals surface area (Å²) in [6, 6.07) is 18.0. The maximum Gasteiger partial charge on any atom is 0.255 e. The van der Waals surface area contributed by atoms with Gasteiger partial charge in [0.25, 0.3) is 5.91 Å². The highest BCUT2D eigenvalue weighted by atomic mass is 19.1. The summed E-state index contributed by atoms with van der Waals surface area (Å²) in [6.07, 6.45) is 4.77. The topological polar surface area (TPSA) is 77.2 Å². The molecule has 2 aromatic carbocycles. The van der Waals surface area contributed by atoms with Crippen LogP contribution in [0.1, 0.15) is 47.7 Å². The molecule has 3 aromatic rings. The fourth-order valence-corrected chi connectivity index (χ4v) is 3.03. The van der Waals surface area contributed by atoms with Gasteiger partial charge >= 0.3 is 0 Å². The van der Waals surface area contributed by atoms with Crippen LogP contribution in [0.3, 0.4) is 0 Å². The smallest absolute Gasteiger partial charge is 0.255 e. The number of nitrogens with one attached hydrogen (secondary N) is 1. The second-order valence-corrected chi connectivity index (χ2v) is 7.10. The molecule has 0 spiro atoms. The Morgan fingerprint density at radius 2 is 1.60 bits per heavy atom. The van der Waals surface area contributed by atoms with E-state index in [0.717, 1.165) is 29.5 Å². The molecule has 0 radical (unpaired) electrons. The van der Waals surface area contributed by atoms with Gasteiger partial charge in [0.2, 0.25) is 5.95 Å². The number of halogens is 1. The van der Waals surface area contributed by atoms with E-state index in [1.54, 1.807) is 0 Å². The SMILES string of the molecule is CCCCCc1ccc(Oc2ccc(CNC(=O)c3ccc(F)nc3N)cc2)cc1. The second kappa shape index (κ2) is 10.4. The number of hydrogen-bond donors (Lipinski definition) is 2. The number of carbonyl (C=O) groups is 1. The van der Waals surface area contributed by atoms with E-state index in [4.69, 9.17) is 10.5 Å². The molecule has 0 aliphatic rings. The summed E-state index contributed by atoms with van der Waals surface area (Å²) >= 11 is 0. The fourth-order valence-electron chi connectivity index (χ4n) is 3.03. The average molecular weight is 407 g/mol. The average Bonchev–Trinajstić information content (AvgIpc) is 2.74. The first-order valence-corrected chi connectivity index (χ1v) is 10.1. The summed E-state index contributed by atoms with van der Waals surface area (Å²) in [4.78, 5) is 15.6. The Morgan fingerprint density at radius 1 is 0.967 bits per heavy atom. The Morgan fingerprint density at radius 3 is 2.20 bits per heavy atom. The first-order chi connectivity index (χ1) is 14.5. The van der Waals surface area contributed by atoms with Gasteiger partial charge in [0.1, 0.15) is 17.3 Å². The molecule has 0 aliphatic carbocycles. The molecule has 5 nitrogen and oxygen atoms in total. The van der Waals surface area contributed by atoms with Gasteiger partial charge in [-0.15, -0.1) is 0 Å². The van der Waals surface area contributed by atoms with Crippen molar-refractivity contribution < 1.29 is 13.9 Å². The number of aryl methyl sites for hydroxylation is 1. The van der Waals surface area contributed by atoms with Crippen molar-refractivity contribution in [3.05, 3.63) is 83.3 Å². The van der Waals surface area contributed by atoms with Gasteiger partial charge < -0.3 is 15.8 Å². The molecule has 0 saturated heterocycles. The van der Waals surface area contributed by atoms with E-state index in [2.05, 4.69) is 29.4 Å². The lowest BCUT2D eigenvalue weighted by atomic mass is 10.1.